The molecule has 0 spiro atoms. The van der Waals surface area contributed by atoms with Gasteiger partial charge in [-0.25, -0.2) is 4.98 Å². The quantitative estimate of drug-likeness (QED) is 0.461. The predicted molar refractivity (Wildman–Crippen MR) is 47.2 cm³/mol. The van der Waals surface area contributed by atoms with Crippen LogP contribution in [-0.4, -0.2) is 13.1 Å². The van der Waals surface area contributed by atoms with Crippen LogP contribution in [0.5, 0.6) is 0 Å². The van der Waals surface area contributed by atoms with Gasteiger partial charge in [-0.15, -0.1) is 0 Å². The van der Waals surface area contributed by atoms with Gasteiger partial charge < -0.3 is 0 Å². The maximum atomic E-state index is 12.6. The first kappa shape index (κ1) is 8.39. The number of hydrogen-bond acceptors (Lipinski definition) is 1. The highest BCUT2D eigenvalue weighted by atomic mass is 28.3. The molecule has 60 valence electrons. The van der Waals surface area contributed by atoms with E-state index in [1.807, 2.05) is 6.07 Å². The minimum atomic E-state index is -1.42. The van der Waals surface area contributed by atoms with Crippen molar-refractivity contribution in [2.45, 2.75) is 19.6 Å². The van der Waals surface area contributed by atoms with E-state index in [1.165, 1.54) is 6.07 Å². The number of pyridine rings is 1. The molecule has 0 aliphatic heterocycles. The van der Waals surface area contributed by atoms with Crippen LogP contribution in [0.2, 0.25) is 19.6 Å². The summed E-state index contributed by atoms with van der Waals surface area (Å²) in [5, 5.41) is 0.928. The molecule has 0 unspecified atom stereocenters. The van der Waals surface area contributed by atoms with Crippen molar-refractivity contribution >= 4 is 13.4 Å². The third-order valence-corrected chi connectivity index (χ3v) is 3.30. The summed E-state index contributed by atoms with van der Waals surface area (Å²) in [6, 6.07) is 4.99. The number of aromatic nitrogens is 1. The standard InChI is InChI=1S/C8H12FNSi/c1-11(2,3)8-6-4-5-7(9)10-8/h4-6H,1-3H3. The van der Waals surface area contributed by atoms with E-state index in [0.717, 1.165) is 5.32 Å². The first-order chi connectivity index (χ1) is 5.00. The Hall–Kier alpha value is -0.703. The molecular weight excluding hydrogens is 157 g/mol. The van der Waals surface area contributed by atoms with Gasteiger partial charge >= 0.3 is 0 Å². The minimum Gasteiger partial charge on any atom is -0.230 e. The number of rotatable bonds is 1. The molecule has 1 aromatic heterocycles. The Kier molecular flexibility index (Phi) is 2.09. The van der Waals surface area contributed by atoms with E-state index < -0.39 is 8.07 Å². The Labute approximate surface area is 67.3 Å². The predicted octanol–water partition coefficient (Wildman–Crippen LogP) is 1.77. The van der Waals surface area contributed by atoms with Gasteiger partial charge in [-0.3, -0.25) is 0 Å². The molecule has 0 saturated heterocycles. The lowest BCUT2D eigenvalue weighted by atomic mass is 10.5. The SMILES string of the molecule is C[Si](C)(C)c1cccc(F)n1. The molecule has 1 nitrogen and oxygen atoms in total. The van der Waals surface area contributed by atoms with Gasteiger partial charge in [0.25, 0.3) is 0 Å². The molecule has 0 amide bonds. The van der Waals surface area contributed by atoms with Gasteiger partial charge in [-0.05, 0) is 12.1 Å². The smallest absolute Gasteiger partial charge is 0.212 e. The average Bonchev–Trinajstić information content (AvgIpc) is 1.86. The highest BCUT2D eigenvalue weighted by molar-refractivity contribution is 6.88. The van der Waals surface area contributed by atoms with Crippen LogP contribution in [0.25, 0.3) is 0 Å². The zero-order chi connectivity index (χ0) is 8.48. The molecule has 0 bridgehead atoms. The lowest BCUT2D eigenvalue weighted by molar-refractivity contribution is 0.587. The summed E-state index contributed by atoms with van der Waals surface area (Å²) in [5.41, 5.74) is 0. The Balaban J connectivity index is 3.06. The van der Waals surface area contributed by atoms with E-state index in [2.05, 4.69) is 24.6 Å². The van der Waals surface area contributed by atoms with Gasteiger partial charge in [0.2, 0.25) is 5.95 Å². The topological polar surface area (TPSA) is 12.9 Å². The first-order valence-corrected chi connectivity index (χ1v) is 7.13. The fourth-order valence-corrected chi connectivity index (χ4v) is 1.86. The zero-order valence-corrected chi connectivity index (χ0v) is 8.06. The Morgan fingerprint density at radius 3 is 2.27 bits per heavy atom. The third-order valence-electron chi connectivity index (χ3n) is 1.48. The first-order valence-electron chi connectivity index (χ1n) is 3.63. The molecule has 3 heteroatoms. The molecule has 11 heavy (non-hydrogen) atoms. The molecule has 1 rings (SSSR count). The van der Waals surface area contributed by atoms with Crippen LogP contribution >= 0.6 is 0 Å². The zero-order valence-electron chi connectivity index (χ0n) is 7.06. The van der Waals surface area contributed by atoms with Crippen molar-refractivity contribution < 1.29 is 4.39 Å². The van der Waals surface area contributed by atoms with Gasteiger partial charge in [-0.2, -0.15) is 4.39 Å². The lowest BCUT2D eigenvalue weighted by Crippen LogP contribution is -2.40. The molecular formula is C8H12FNSi. The lowest BCUT2D eigenvalue weighted by Gasteiger charge is -2.13. The number of hydrogen-bond donors (Lipinski definition) is 0. The Morgan fingerprint density at radius 2 is 1.91 bits per heavy atom. The number of nitrogens with zero attached hydrogens (tertiary/aromatic N) is 1. The van der Waals surface area contributed by atoms with Crippen LogP contribution in [0.3, 0.4) is 0 Å². The summed E-state index contributed by atoms with van der Waals surface area (Å²) in [7, 11) is -1.42. The molecule has 0 fully saturated rings. The van der Waals surface area contributed by atoms with Crippen molar-refractivity contribution in [3.63, 3.8) is 0 Å². The maximum absolute atomic E-state index is 12.6. The van der Waals surface area contributed by atoms with Crippen LogP contribution in [0.4, 0.5) is 4.39 Å². The second-order valence-corrected chi connectivity index (χ2v) is 8.61. The van der Waals surface area contributed by atoms with E-state index in [9.17, 15) is 4.39 Å². The average molecular weight is 169 g/mol. The van der Waals surface area contributed by atoms with Gasteiger partial charge in [0.15, 0.2) is 0 Å². The normalized spacial score (nSPS) is 11.6. The summed E-state index contributed by atoms with van der Waals surface area (Å²) in [6.45, 7) is 6.44. The molecule has 0 aliphatic rings. The number of halogens is 1. The van der Waals surface area contributed by atoms with Gasteiger partial charge in [-0.1, -0.05) is 25.7 Å². The Morgan fingerprint density at radius 1 is 1.27 bits per heavy atom. The van der Waals surface area contributed by atoms with E-state index in [0.29, 0.717) is 0 Å². The highest BCUT2D eigenvalue weighted by Crippen LogP contribution is 2.00. The van der Waals surface area contributed by atoms with Crippen molar-refractivity contribution in [1.29, 1.82) is 0 Å². The van der Waals surface area contributed by atoms with E-state index in [1.54, 1.807) is 6.07 Å². The fraction of sp³-hybridized carbons (Fsp3) is 0.375. The van der Waals surface area contributed by atoms with Crippen LogP contribution < -0.4 is 5.32 Å². The van der Waals surface area contributed by atoms with Crippen molar-refractivity contribution in [3.05, 3.63) is 24.1 Å². The molecule has 0 atom stereocenters. The summed E-state index contributed by atoms with van der Waals surface area (Å²) in [4.78, 5) is 3.84. The molecule has 0 aliphatic carbocycles. The van der Waals surface area contributed by atoms with Gasteiger partial charge in [0, 0.05) is 5.32 Å². The Bertz CT molecular complexity index is 255. The molecule has 1 heterocycles. The third kappa shape index (κ3) is 2.12. The van der Waals surface area contributed by atoms with Crippen LogP contribution in [0.15, 0.2) is 18.2 Å². The molecule has 0 radical (unpaired) electrons. The minimum absolute atomic E-state index is 0.370. The summed E-state index contributed by atoms with van der Waals surface area (Å²) >= 11 is 0. The fourth-order valence-electron chi connectivity index (χ4n) is 0.826. The highest BCUT2D eigenvalue weighted by Gasteiger charge is 2.17. The van der Waals surface area contributed by atoms with Crippen molar-refractivity contribution in [3.8, 4) is 0 Å². The summed E-state index contributed by atoms with van der Waals surface area (Å²) in [6.07, 6.45) is 0. The summed E-state index contributed by atoms with van der Waals surface area (Å²) in [5.74, 6) is -0.370. The van der Waals surface area contributed by atoms with E-state index >= 15 is 0 Å². The largest absolute Gasteiger partial charge is 0.230 e. The van der Waals surface area contributed by atoms with Crippen molar-refractivity contribution in [1.82, 2.24) is 4.98 Å². The van der Waals surface area contributed by atoms with Gasteiger partial charge in [0.1, 0.15) is 8.07 Å². The molecule has 1 aromatic rings. The second kappa shape index (κ2) is 2.74. The van der Waals surface area contributed by atoms with Crippen molar-refractivity contribution in [2.75, 3.05) is 0 Å². The van der Waals surface area contributed by atoms with E-state index in [-0.39, 0.29) is 5.95 Å². The summed E-state index contributed by atoms with van der Waals surface area (Å²) < 4.78 is 12.6. The van der Waals surface area contributed by atoms with E-state index in [4.69, 9.17) is 0 Å². The van der Waals surface area contributed by atoms with Crippen LogP contribution in [-0.2, 0) is 0 Å². The monoisotopic (exact) mass is 169 g/mol. The van der Waals surface area contributed by atoms with Crippen LogP contribution in [0, 0.1) is 5.95 Å². The van der Waals surface area contributed by atoms with Crippen LogP contribution in [0.1, 0.15) is 0 Å². The molecule has 0 N–H and O–H groups in total. The maximum Gasteiger partial charge on any atom is 0.212 e. The van der Waals surface area contributed by atoms with Crippen molar-refractivity contribution in [2.24, 2.45) is 0 Å². The van der Waals surface area contributed by atoms with Gasteiger partial charge in [0.05, 0.1) is 0 Å². The molecule has 0 aromatic carbocycles. The second-order valence-electron chi connectivity index (χ2n) is 3.60. The molecule has 0 saturated carbocycles.